The molecule has 1 fully saturated rings. The first kappa shape index (κ1) is 16.0. The quantitative estimate of drug-likeness (QED) is 0.825. The summed E-state index contributed by atoms with van der Waals surface area (Å²) in [5.74, 6) is 0. The van der Waals surface area contributed by atoms with Gasteiger partial charge in [0.15, 0.2) is 0 Å². The average molecular weight is 336 g/mol. The highest BCUT2D eigenvalue weighted by atomic mass is 32.2. The van der Waals surface area contributed by atoms with Gasteiger partial charge in [0.25, 0.3) is 10.2 Å². The van der Waals surface area contributed by atoms with Gasteiger partial charge < -0.3 is 0 Å². The highest BCUT2D eigenvalue weighted by Crippen LogP contribution is 2.34. The van der Waals surface area contributed by atoms with Crippen LogP contribution in [0.25, 0.3) is 11.4 Å². The predicted molar refractivity (Wildman–Crippen MR) is 85.5 cm³/mol. The largest absolute Gasteiger partial charge is 0.282 e. The summed E-state index contributed by atoms with van der Waals surface area (Å²) in [4.78, 5) is 8.88. The van der Waals surface area contributed by atoms with Crippen molar-refractivity contribution in [2.24, 2.45) is 7.05 Å². The van der Waals surface area contributed by atoms with Crippen molar-refractivity contribution in [1.29, 1.82) is 0 Å². The summed E-state index contributed by atoms with van der Waals surface area (Å²) in [6.45, 7) is 0.503. The lowest BCUT2D eigenvalue weighted by atomic mass is 10.1. The summed E-state index contributed by atoms with van der Waals surface area (Å²) < 4.78 is 29.4. The Morgan fingerprint density at radius 1 is 1.30 bits per heavy atom. The zero-order valence-corrected chi connectivity index (χ0v) is 14.2. The van der Waals surface area contributed by atoms with Crippen LogP contribution in [0.5, 0.6) is 0 Å². The molecule has 0 saturated carbocycles. The van der Waals surface area contributed by atoms with E-state index in [1.54, 1.807) is 37.4 Å². The van der Waals surface area contributed by atoms with E-state index in [0.29, 0.717) is 17.9 Å². The Labute approximate surface area is 135 Å². The molecule has 124 valence electrons. The number of rotatable bonds is 4. The van der Waals surface area contributed by atoms with Crippen molar-refractivity contribution in [2.75, 3.05) is 20.6 Å². The van der Waals surface area contributed by atoms with Crippen LogP contribution in [0.15, 0.2) is 24.7 Å². The van der Waals surface area contributed by atoms with E-state index in [9.17, 15) is 8.42 Å². The summed E-state index contributed by atoms with van der Waals surface area (Å²) in [7, 11) is 1.46. The average Bonchev–Trinajstić information content (AvgIpc) is 3.16. The summed E-state index contributed by atoms with van der Waals surface area (Å²) in [5, 5.41) is 4.13. The fourth-order valence-corrected chi connectivity index (χ4v) is 4.13. The minimum Gasteiger partial charge on any atom is -0.266 e. The molecular formula is C14H20N6O2S. The van der Waals surface area contributed by atoms with E-state index in [-0.39, 0.29) is 6.04 Å². The van der Waals surface area contributed by atoms with E-state index in [2.05, 4.69) is 15.1 Å². The number of nitrogens with zero attached hydrogens (tertiary/aromatic N) is 6. The van der Waals surface area contributed by atoms with Crippen LogP contribution in [-0.4, -0.2) is 57.4 Å². The Hall–Kier alpha value is -1.84. The maximum atomic E-state index is 12.5. The molecule has 3 rings (SSSR count). The second-order valence-corrected chi connectivity index (χ2v) is 7.82. The smallest absolute Gasteiger partial charge is 0.266 e. The number of aryl methyl sites for hydroxylation is 1. The Balaban J connectivity index is 1.97. The van der Waals surface area contributed by atoms with Gasteiger partial charge in [0, 0.05) is 33.9 Å². The van der Waals surface area contributed by atoms with Gasteiger partial charge in [0.05, 0.1) is 29.8 Å². The molecule has 1 aliphatic heterocycles. The normalized spacial score (nSPS) is 19.6. The second kappa shape index (κ2) is 5.99. The molecule has 1 aliphatic rings. The maximum absolute atomic E-state index is 12.5. The third-order valence-electron chi connectivity index (χ3n) is 4.04. The minimum absolute atomic E-state index is 0.275. The van der Waals surface area contributed by atoms with Crippen LogP contribution in [-0.2, 0) is 17.3 Å². The van der Waals surface area contributed by atoms with Crippen molar-refractivity contribution in [3.63, 3.8) is 0 Å². The Morgan fingerprint density at radius 2 is 2.09 bits per heavy atom. The van der Waals surface area contributed by atoms with E-state index in [1.165, 1.54) is 8.61 Å². The first-order valence-electron chi connectivity index (χ1n) is 7.41. The molecule has 8 nitrogen and oxygen atoms in total. The van der Waals surface area contributed by atoms with Crippen molar-refractivity contribution in [2.45, 2.75) is 18.9 Å². The molecular weight excluding hydrogens is 316 g/mol. The van der Waals surface area contributed by atoms with E-state index < -0.39 is 10.2 Å². The highest BCUT2D eigenvalue weighted by molar-refractivity contribution is 7.86. The van der Waals surface area contributed by atoms with Gasteiger partial charge in [0.2, 0.25) is 0 Å². The monoisotopic (exact) mass is 336 g/mol. The van der Waals surface area contributed by atoms with Gasteiger partial charge in [-0.3, -0.25) is 9.67 Å². The summed E-state index contributed by atoms with van der Waals surface area (Å²) in [6, 6.07) is 1.58. The third kappa shape index (κ3) is 2.87. The van der Waals surface area contributed by atoms with Gasteiger partial charge in [-0.2, -0.15) is 22.1 Å². The van der Waals surface area contributed by atoms with E-state index in [0.717, 1.165) is 18.5 Å². The standard InChI is InChI=1S/C14H20N6O2S/c1-18(2)23(21,22)20-8-4-5-14(20)12-10-15-9-11(17-12)13-6-7-16-19(13)3/h6-7,9-10,14H,4-5,8H2,1-3H3. The molecule has 0 bridgehead atoms. The zero-order chi connectivity index (χ0) is 16.6. The first-order chi connectivity index (χ1) is 10.9. The fraction of sp³-hybridized carbons (Fsp3) is 0.500. The lowest BCUT2D eigenvalue weighted by Crippen LogP contribution is -2.39. The van der Waals surface area contributed by atoms with E-state index in [4.69, 9.17) is 0 Å². The van der Waals surface area contributed by atoms with Crippen molar-refractivity contribution in [3.8, 4) is 11.4 Å². The van der Waals surface area contributed by atoms with Crippen LogP contribution in [0, 0.1) is 0 Å². The minimum atomic E-state index is -3.47. The SMILES string of the molecule is CN(C)S(=O)(=O)N1CCCC1c1cncc(-c2ccnn2C)n1. The molecule has 0 radical (unpaired) electrons. The van der Waals surface area contributed by atoms with Crippen molar-refractivity contribution >= 4 is 10.2 Å². The summed E-state index contributed by atoms with van der Waals surface area (Å²) in [5.41, 5.74) is 2.21. The molecule has 1 unspecified atom stereocenters. The zero-order valence-electron chi connectivity index (χ0n) is 13.4. The van der Waals surface area contributed by atoms with Gasteiger partial charge in [-0.1, -0.05) is 0 Å². The fourth-order valence-electron chi connectivity index (χ4n) is 2.81. The second-order valence-electron chi connectivity index (χ2n) is 5.73. The molecule has 0 amide bonds. The van der Waals surface area contributed by atoms with Gasteiger partial charge in [-0.15, -0.1) is 0 Å². The number of hydrogen-bond acceptors (Lipinski definition) is 5. The molecule has 1 atom stereocenters. The molecule has 23 heavy (non-hydrogen) atoms. The van der Waals surface area contributed by atoms with Gasteiger partial charge in [-0.25, -0.2) is 4.98 Å². The van der Waals surface area contributed by atoms with Crippen LogP contribution in [0.3, 0.4) is 0 Å². The molecule has 0 aromatic carbocycles. The van der Waals surface area contributed by atoms with Gasteiger partial charge in [0.1, 0.15) is 5.69 Å². The van der Waals surface area contributed by atoms with Crippen LogP contribution in [0.4, 0.5) is 0 Å². The lowest BCUT2D eigenvalue weighted by Gasteiger charge is -2.26. The van der Waals surface area contributed by atoms with Gasteiger partial charge >= 0.3 is 0 Å². The topological polar surface area (TPSA) is 84.2 Å². The van der Waals surface area contributed by atoms with Crippen molar-refractivity contribution < 1.29 is 8.42 Å². The highest BCUT2D eigenvalue weighted by Gasteiger charge is 2.37. The molecule has 0 spiro atoms. The van der Waals surface area contributed by atoms with Crippen molar-refractivity contribution in [3.05, 3.63) is 30.4 Å². The maximum Gasteiger partial charge on any atom is 0.282 e. The molecule has 0 aliphatic carbocycles. The Bertz CT molecular complexity index is 801. The van der Waals surface area contributed by atoms with E-state index >= 15 is 0 Å². The summed E-state index contributed by atoms with van der Waals surface area (Å²) in [6.07, 6.45) is 6.57. The van der Waals surface area contributed by atoms with Crippen LogP contribution in [0.1, 0.15) is 24.6 Å². The molecule has 9 heteroatoms. The van der Waals surface area contributed by atoms with E-state index in [1.807, 2.05) is 13.1 Å². The Kier molecular flexibility index (Phi) is 4.17. The third-order valence-corrected chi connectivity index (χ3v) is 5.99. The number of hydrogen-bond donors (Lipinski definition) is 0. The first-order valence-corrected chi connectivity index (χ1v) is 8.80. The molecule has 2 aromatic heterocycles. The Morgan fingerprint density at radius 3 is 2.74 bits per heavy atom. The van der Waals surface area contributed by atoms with Gasteiger partial charge in [-0.05, 0) is 18.9 Å². The number of aromatic nitrogens is 4. The lowest BCUT2D eigenvalue weighted by molar-refractivity contribution is 0.357. The van der Waals surface area contributed by atoms with Crippen LogP contribution in [0.2, 0.25) is 0 Å². The molecule has 3 heterocycles. The predicted octanol–water partition coefficient (Wildman–Crippen LogP) is 0.820. The van der Waals surface area contributed by atoms with Crippen LogP contribution < -0.4 is 0 Å². The molecule has 0 N–H and O–H groups in total. The van der Waals surface area contributed by atoms with Crippen molar-refractivity contribution in [1.82, 2.24) is 28.4 Å². The summed E-state index contributed by atoms with van der Waals surface area (Å²) >= 11 is 0. The molecule has 1 saturated heterocycles. The molecule has 2 aromatic rings. The van der Waals surface area contributed by atoms with Crippen LogP contribution >= 0.6 is 0 Å².